The van der Waals surface area contributed by atoms with Crippen molar-refractivity contribution in [2.75, 3.05) is 27.2 Å². The Hall–Kier alpha value is -3.62. The van der Waals surface area contributed by atoms with Gasteiger partial charge in [0, 0.05) is 31.3 Å². The number of nitrogens with zero attached hydrogens (tertiary/aromatic N) is 3. The van der Waals surface area contributed by atoms with Crippen LogP contribution in [0.15, 0.2) is 65.6 Å². The third-order valence-corrected chi connectivity index (χ3v) is 6.65. The predicted octanol–water partition coefficient (Wildman–Crippen LogP) is 4.86. The maximum atomic E-state index is 12.3. The first-order chi connectivity index (χ1) is 16.9. The lowest BCUT2D eigenvalue weighted by Crippen LogP contribution is -2.48. The fraction of sp³-hybridized carbons (Fsp3) is 0.333. The number of ether oxygens (including phenoxy) is 1. The number of carbonyl (C=O) groups excluding carboxylic acids is 1. The number of likely N-dealkylation sites (tertiary alicyclic amines) is 1. The van der Waals surface area contributed by atoms with E-state index in [1.165, 1.54) is 7.05 Å². The first-order valence-corrected chi connectivity index (χ1v) is 11.6. The summed E-state index contributed by atoms with van der Waals surface area (Å²) in [6, 6.07) is 14.8. The molecule has 2 heterocycles. The number of carbonyl (C=O) groups is 1. The van der Waals surface area contributed by atoms with E-state index in [9.17, 15) is 15.1 Å². The van der Waals surface area contributed by atoms with Gasteiger partial charge in [0.2, 0.25) is 5.89 Å². The second-order valence-corrected chi connectivity index (χ2v) is 8.85. The molecule has 0 radical (unpaired) electrons. The van der Waals surface area contributed by atoms with Crippen LogP contribution >= 0.6 is 0 Å². The summed E-state index contributed by atoms with van der Waals surface area (Å²) in [6.07, 6.45) is 3.77. The normalized spacial score (nSPS) is 15.0. The standard InChI is InChI=1S/C27H31N3O5/c1-4-13-27(14-16-30(17-15-27)26(32)29(2)33)25-28-23(20-9-11-22(34-3)12-10-20)24(35-25)21-7-5-19(18-31)6-8-21/h4-12,31,33H,1,13-18H2,2-3H3. The average Bonchev–Trinajstić information content (AvgIpc) is 3.35. The molecule has 8 nitrogen and oxygen atoms in total. The summed E-state index contributed by atoms with van der Waals surface area (Å²) in [5, 5.41) is 19.6. The Morgan fingerprint density at radius 3 is 2.34 bits per heavy atom. The van der Waals surface area contributed by atoms with Crippen LogP contribution in [0.2, 0.25) is 0 Å². The molecule has 0 unspecified atom stereocenters. The van der Waals surface area contributed by atoms with Gasteiger partial charge in [0.1, 0.15) is 11.4 Å². The van der Waals surface area contributed by atoms with Crippen molar-refractivity contribution in [3.8, 4) is 28.3 Å². The van der Waals surface area contributed by atoms with E-state index in [0.717, 1.165) is 28.1 Å². The van der Waals surface area contributed by atoms with Crippen LogP contribution in [0.4, 0.5) is 4.79 Å². The molecular weight excluding hydrogens is 446 g/mol. The lowest BCUT2D eigenvalue weighted by atomic mass is 9.75. The Morgan fingerprint density at radius 2 is 1.80 bits per heavy atom. The van der Waals surface area contributed by atoms with Gasteiger partial charge in [-0.1, -0.05) is 30.3 Å². The molecule has 1 aliphatic rings. The molecule has 4 rings (SSSR count). The molecule has 2 amide bonds. The van der Waals surface area contributed by atoms with Crippen LogP contribution in [-0.4, -0.2) is 58.5 Å². The van der Waals surface area contributed by atoms with Crippen LogP contribution in [-0.2, 0) is 12.0 Å². The van der Waals surface area contributed by atoms with Gasteiger partial charge in [-0.2, -0.15) is 0 Å². The molecular formula is C27H31N3O5. The van der Waals surface area contributed by atoms with Gasteiger partial charge in [-0.15, -0.1) is 6.58 Å². The summed E-state index contributed by atoms with van der Waals surface area (Å²) < 4.78 is 11.8. The summed E-state index contributed by atoms with van der Waals surface area (Å²) in [6.45, 7) is 4.86. The van der Waals surface area contributed by atoms with Crippen LogP contribution in [0.25, 0.3) is 22.6 Å². The van der Waals surface area contributed by atoms with Crippen LogP contribution in [0.3, 0.4) is 0 Å². The van der Waals surface area contributed by atoms with Crippen molar-refractivity contribution in [3.63, 3.8) is 0 Å². The van der Waals surface area contributed by atoms with E-state index in [-0.39, 0.29) is 6.61 Å². The van der Waals surface area contributed by atoms with Gasteiger partial charge in [-0.25, -0.2) is 14.8 Å². The van der Waals surface area contributed by atoms with E-state index in [0.29, 0.717) is 49.1 Å². The first kappa shape index (κ1) is 24.5. The van der Waals surface area contributed by atoms with Gasteiger partial charge >= 0.3 is 6.03 Å². The number of rotatable bonds is 7. The quantitative estimate of drug-likeness (QED) is 0.286. The third-order valence-electron chi connectivity index (χ3n) is 6.65. The maximum absolute atomic E-state index is 12.3. The number of urea groups is 1. The van der Waals surface area contributed by atoms with Crippen LogP contribution in [0, 0.1) is 0 Å². The number of methoxy groups -OCH3 is 1. The number of aliphatic hydroxyl groups is 1. The molecule has 0 saturated carbocycles. The number of amides is 2. The molecule has 3 aromatic rings. The fourth-order valence-electron chi connectivity index (χ4n) is 4.56. The number of hydroxylamine groups is 2. The predicted molar refractivity (Wildman–Crippen MR) is 132 cm³/mol. The van der Waals surface area contributed by atoms with E-state index in [1.54, 1.807) is 12.0 Å². The molecule has 0 bridgehead atoms. The van der Waals surface area contributed by atoms with Gasteiger partial charge in [-0.05, 0) is 49.1 Å². The number of hydrogen-bond acceptors (Lipinski definition) is 6. The first-order valence-electron chi connectivity index (χ1n) is 11.6. The van der Waals surface area contributed by atoms with Crippen LogP contribution in [0.5, 0.6) is 5.75 Å². The summed E-state index contributed by atoms with van der Waals surface area (Å²) in [5.74, 6) is 2.00. The SMILES string of the molecule is C=CCC1(c2nc(-c3ccc(OC)cc3)c(-c3ccc(CO)cc3)o2)CCN(C(=O)N(C)O)CC1. The minimum atomic E-state index is -0.423. The molecule has 1 fully saturated rings. The lowest BCUT2D eigenvalue weighted by molar-refractivity contribution is -0.0377. The van der Waals surface area contributed by atoms with Crippen molar-refractivity contribution in [1.29, 1.82) is 0 Å². The molecule has 2 N–H and O–H groups in total. The molecule has 1 aromatic heterocycles. The molecule has 35 heavy (non-hydrogen) atoms. The number of hydrogen-bond donors (Lipinski definition) is 2. The Balaban J connectivity index is 1.76. The number of allylic oxidation sites excluding steroid dienone is 1. The molecule has 1 saturated heterocycles. The zero-order valence-corrected chi connectivity index (χ0v) is 20.1. The zero-order chi connectivity index (χ0) is 25.0. The molecule has 184 valence electrons. The molecule has 1 aliphatic heterocycles. The van der Waals surface area contributed by atoms with Gasteiger partial charge in [0.25, 0.3) is 0 Å². The monoisotopic (exact) mass is 477 g/mol. The highest BCUT2D eigenvalue weighted by Gasteiger charge is 2.41. The largest absolute Gasteiger partial charge is 0.497 e. The minimum absolute atomic E-state index is 0.0338. The van der Waals surface area contributed by atoms with Gasteiger partial charge < -0.3 is 19.2 Å². The smallest absolute Gasteiger partial charge is 0.343 e. The number of piperidine rings is 1. The van der Waals surface area contributed by atoms with E-state index in [4.69, 9.17) is 14.1 Å². The molecule has 0 atom stereocenters. The number of aromatic nitrogens is 1. The fourth-order valence-corrected chi connectivity index (χ4v) is 4.56. The molecule has 2 aromatic carbocycles. The van der Waals surface area contributed by atoms with Crippen LogP contribution in [0.1, 0.15) is 30.7 Å². The summed E-state index contributed by atoms with van der Waals surface area (Å²) in [4.78, 5) is 18.9. The second kappa shape index (κ2) is 10.3. The highest BCUT2D eigenvalue weighted by atomic mass is 16.5. The van der Waals surface area contributed by atoms with Crippen molar-refractivity contribution in [1.82, 2.24) is 14.9 Å². The number of benzene rings is 2. The Kier molecular flexibility index (Phi) is 7.23. The van der Waals surface area contributed by atoms with Crippen molar-refractivity contribution in [2.24, 2.45) is 0 Å². The summed E-state index contributed by atoms with van der Waals surface area (Å²) >= 11 is 0. The van der Waals surface area contributed by atoms with Gasteiger partial charge in [0.15, 0.2) is 5.76 Å². The van der Waals surface area contributed by atoms with Crippen molar-refractivity contribution in [3.05, 3.63) is 72.6 Å². The van der Waals surface area contributed by atoms with Crippen molar-refractivity contribution < 1.29 is 24.3 Å². The molecule has 8 heteroatoms. The van der Waals surface area contributed by atoms with Crippen LogP contribution < -0.4 is 4.74 Å². The van der Waals surface area contributed by atoms with Crippen molar-refractivity contribution in [2.45, 2.75) is 31.3 Å². The third kappa shape index (κ3) is 4.94. The number of oxazole rings is 1. The van der Waals surface area contributed by atoms with Crippen molar-refractivity contribution >= 4 is 6.03 Å². The minimum Gasteiger partial charge on any atom is -0.497 e. The maximum Gasteiger partial charge on any atom is 0.343 e. The second-order valence-electron chi connectivity index (χ2n) is 8.85. The Labute approximate surface area is 205 Å². The summed E-state index contributed by atoms with van der Waals surface area (Å²) in [5.41, 5.74) is 2.86. The van der Waals surface area contributed by atoms with Gasteiger partial charge in [0.05, 0.1) is 19.1 Å². The highest BCUT2D eigenvalue weighted by molar-refractivity contribution is 5.77. The van der Waals surface area contributed by atoms with Gasteiger partial charge in [-0.3, -0.25) is 5.21 Å². The zero-order valence-electron chi connectivity index (χ0n) is 20.1. The highest BCUT2D eigenvalue weighted by Crippen LogP contribution is 2.43. The average molecular weight is 478 g/mol. The number of aliphatic hydroxyl groups excluding tert-OH is 1. The van der Waals surface area contributed by atoms with E-state index < -0.39 is 11.4 Å². The van der Waals surface area contributed by atoms with E-state index in [1.807, 2.05) is 54.6 Å². The van der Waals surface area contributed by atoms with E-state index in [2.05, 4.69) is 6.58 Å². The lowest BCUT2D eigenvalue weighted by Gasteiger charge is -2.39. The topological polar surface area (TPSA) is 99.3 Å². The molecule has 0 spiro atoms. The Morgan fingerprint density at radius 1 is 1.17 bits per heavy atom. The summed E-state index contributed by atoms with van der Waals surface area (Å²) in [7, 11) is 2.96. The molecule has 0 aliphatic carbocycles. The Bertz CT molecular complexity index is 1100. The van der Waals surface area contributed by atoms with E-state index >= 15 is 0 Å².